The predicted octanol–water partition coefficient (Wildman–Crippen LogP) is 3.90. The Labute approximate surface area is 180 Å². The number of rotatable bonds is 4. The molecule has 0 saturated carbocycles. The average Bonchev–Trinajstić information content (AvgIpc) is 3.46. The summed E-state index contributed by atoms with van der Waals surface area (Å²) in [6.45, 7) is 3.26. The first-order valence-electron chi connectivity index (χ1n) is 10.7. The fourth-order valence-corrected chi connectivity index (χ4v) is 4.50. The van der Waals surface area contributed by atoms with E-state index in [4.69, 9.17) is 19.6 Å². The van der Waals surface area contributed by atoms with Gasteiger partial charge in [0.1, 0.15) is 0 Å². The van der Waals surface area contributed by atoms with Gasteiger partial charge in [0.05, 0.1) is 0 Å². The molecule has 3 aromatic heterocycles. The summed E-state index contributed by atoms with van der Waals surface area (Å²) in [5.41, 5.74) is 4.37. The van der Waals surface area contributed by atoms with Gasteiger partial charge < -0.3 is 9.47 Å². The molecule has 156 valence electrons. The number of nitrogens with zero attached hydrogens (tertiary/aromatic N) is 5. The second kappa shape index (κ2) is 7.67. The highest BCUT2D eigenvalue weighted by atomic mass is 16.7. The molecular formula is C24H23N5O2. The zero-order valence-electron chi connectivity index (χ0n) is 17.1. The van der Waals surface area contributed by atoms with Crippen molar-refractivity contribution >= 4 is 5.65 Å². The van der Waals surface area contributed by atoms with Crippen LogP contribution in [-0.2, 0) is 6.54 Å². The first kappa shape index (κ1) is 18.3. The summed E-state index contributed by atoms with van der Waals surface area (Å²) in [4.78, 5) is 11.4. The molecule has 1 atom stereocenters. The molecule has 1 aromatic carbocycles. The van der Waals surface area contributed by atoms with Crippen LogP contribution in [0.15, 0.2) is 61.1 Å². The average molecular weight is 413 g/mol. The summed E-state index contributed by atoms with van der Waals surface area (Å²) < 4.78 is 12.9. The van der Waals surface area contributed by atoms with Crippen LogP contribution in [0.4, 0.5) is 0 Å². The summed E-state index contributed by atoms with van der Waals surface area (Å²) in [7, 11) is 0. The smallest absolute Gasteiger partial charge is 0.231 e. The minimum Gasteiger partial charge on any atom is -0.454 e. The molecule has 0 radical (unpaired) electrons. The van der Waals surface area contributed by atoms with Crippen molar-refractivity contribution in [1.82, 2.24) is 24.5 Å². The van der Waals surface area contributed by atoms with E-state index in [1.165, 1.54) is 5.56 Å². The Morgan fingerprint density at radius 2 is 1.87 bits per heavy atom. The van der Waals surface area contributed by atoms with Gasteiger partial charge in [0.15, 0.2) is 23.0 Å². The molecule has 2 aliphatic heterocycles. The molecule has 6 rings (SSSR count). The third kappa shape index (κ3) is 3.61. The number of pyridine rings is 2. The van der Waals surface area contributed by atoms with Crippen LogP contribution in [-0.4, -0.2) is 44.4 Å². The summed E-state index contributed by atoms with van der Waals surface area (Å²) in [5, 5.41) is 4.84. The van der Waals surface area contributed by atoms with Crippen molar-refractivity contribution in [3.05, 3.63) is 72.4 Å². The molecule has 5 heterocycles. The second-order valence-electron chi connectivity index (χ2n) is 8.19. The van der Waals surface area contributed by atoms with Crippen LogP contribution in [0.25, 0.3) is 16.8 Å². The van der Waals surface area contributed by atoms with E-state index in [-0.39, 0.29) is 0 Å². The first-order chi connectivity index (χ1) is 15.3. The van der Waals surface area contributed by atoms with Crippen molar-refractivity contribution in [2.75, 3.05) is 19.9 Å². The zero-order valence-corrected chi connectivity index (χ0v) is 17.1. The van der Waals surface area contributed by atoms with Crippen LogP contribution in [0.1, 0.15) is 30.1 Å². The first-order valence-corrected chi connectivity index (χ1v) is 10.7. The second-order valence-corrected chi connectivity index (χ2v) is 8.19. The summed E-state index contributed by atoms with van der Waals surface area (Å²) in [5.74, 6) is 2.95. The third-order valence-electron chi connectivity index (χ3n) is 6.07. The Balaban J connectivity index is 1.20. The molecule has 1 fully saturated rings. The highest BCUT2D eigenvalue weighted by molar-refractivity contribution is 5.63. The maximum absolute atomic E-state index is 5.53. The Morgan fingerprint density at radius 3 is 2.81 bits per heavy atom. The molecule has 7 nitrogen and oxygen atoms in total. The highest BCUT2D eigenvalue weighted by Gasteiger charge is 2.25. The lowest BCUT2D eigenvalue weighted by Crippen LogP contribution is -2.34. The van der Waals surface area contributed by atoms with Crippen molar-refractivity contribution in [2.24, 2.45) is 0 Å². The minimum absolute atomic E-state index is 0.313. The van der Waals surface area contributed by atoms with E-state index < -0.39 is 0 Å². The number of hydrogen-bond donors (Lipinski definition) is 0. The molecule has 0 unspecified atom stereocenters. The van der Waals surface area contributed by atoms with E-state index in [9.17, 15) is 0 Å². The van der Waals surface area contributed by atoms with Crippen molar-refractivity contribution in [3.63, 3.8) is 0 Å². The number of aromatic nitrogens is 4. The topological polar surface area (TPSA) is 64.8 Å². The van der Waals surface area contributed by atoms with E-state index >= 15 is 0 Å². The van der Waals surface area contributed by atoms with Gasteiger partial charge in [-0.3, -0.25) is 9.88 Å². The molecule has 0 amide bonds. The monoisotopic (exact) mass is 413 g/mol. The number of fused-ring (bicyclic) bond motifs is 2. The van der Waals surface area contributed by atoms with Crippen LogP contribution in [0.2, 0.25) is 0 Å². The SMILES string of the molecule is c1cc(-c2ccc3nc([C@@H]4CCCN(Cc5ccc6c(c5)OCO6)C4)nn3c2)ccn1. The number of benzene rings is 1. The van der Waals surface area contributed by atoms with E-state index in [0.29, 0.717) is 12.7 Å². The number of ether oxygens (including phenoxy) is 2. The van der Waals surface area contributed by atoms with Crippen molar-refractivity contribution in [1.29, 1.82) is 0 Å². The van der Waals surface area contributed by atoms with Gasteiger partial charge in [-0.25, -0.2) is 9.50 Å². The van der Waals surface area contributed by atoms with Gasteiger partial charge in [0, 0.05) is 43.2 Å². The normalized spacial score (nSPS) is 18.5. The van der Waals surface area contributed by atoms with Crippen molar-refractivity contribution < 1.29 is 9.47 Å². The van der Waals surface area contributed by atoms with Crippen LogP contribution in [0.3, 0.4) is 0 Å². The highest BCUT2D eigenvalue weighted by Crippen LogP contribution is 2.33. The molecular weight excluding hydrogens is 390 g/mol. The zero-order chi connectivity index (χ0) is 20.6. The van der Waals surface area contributed by atoms with Gasteiger partial charge in [-0.1, -0.05) is 6.07 Å². The van der Waals surface area contributed by atoms with Crippen LogP contribution >= 0.6 is 0 Å². The summed E-state index contributed by atoms with van der Waals surface area (Å²) >= 11 is 0. The largest absolute Gasteiger partial charge is 0.454 e. The van der Waals surface area contributed by atoms with Crippen LogP contribution in [0, 0.1) is 0 Å². The molecule has 0 spiro atoms. The van der Waals surface area contributed by atoms with E-state index in [1.54, 1.807) is 0 Å². The molecule has 7 heteroatoms. The Hall–Kier alpha value is -3.45. The molecule has 1 saturated heterocycles. The summed E-state index contributed by atoms with van der Waals surface area (Å²) in [6.07, 6.45) is 7.93. The Bertz CT molecular complexity index is 1220. The molecule has 4 aromatic rings. The molecule has 0 bridgehead atoms. The van der Waals surface area contributed by atoms with E-state index in [0.717, 1.165) is 66.6 Å². The van der Waals surface area contributed by atoms with Gasteiger partial charge in [-0.05, 0) is 66.9 Å². The number of piperidine rings is 1. The van der Waals surface area contributed by atoms with E-state index in [2.05, 4.69) is 28.1 Å². The predicted molar refractivity (Wildman–Crippen MR) is 116 cm³/mol. The van der Waals surface area contributed by atoms with E-state index in [1.807, 2.05) is 47.4 Å². The maximum atomic E-state index is 5.53. The quantitative estimate of drug-likeness (QED) is 0.506. The Kier molecular flexibility index (Phi) is 4.53. The number of hydrogen-bond acceptors (Lipinski definition) is 6. The van der Waals surface area contributed by atoms with Crippen molar-refractivity contribution in [2.45, 2.75) is 25.3 Å². The van der Waals surface area contributed by atoms with Gasteiger partial charge >= 0.3 is 0 Å². The molecule has 31 heavy (non-hydrogen) atoms. The number of likely N-dealkylation sites (tertiary alicyclic amines) is 1. The van der Waals surface area contributed by atoms with Gasteiger partial charge in [-0.15, -0.1) is 0 Å². The fraction of sp³-hybridized carbons (Fsp3) is 0.292. The van der Waals surface area contributed by atoms with Gasteiger partial charge in [0.25, 0.3) is 0 Å². The third-order valence-corrected chi connectivity index (χ3v) is 6.07. The van der Waals surface area contributed by atoms with Crippen LogP contribution in [0.5, 0.6) is 11.5 Å². The lowest BCUT2D eigenvalue weighted by Gasteiger charge is -2.31. The van der Waals surface area contributed by atoms with Crippen LogP contribution < -0.4 is 9.47 Å². The minimum atomic E-state index is 0.313. The van der Waals surface area contributed by atoms with Crippen molar-refractivity contribution in [3.8, 4) is 22.6 Å². The molecule has 0 aliphatic carbocycles. The van der Waals surface area contributed by atoms with Gasteiger partial charge in [0.2, 0.25) is 6.79 Å². The Morgan fingerprint density at radius 1 is 0.968 bits per heavy atom. The fourth-order valence-electron chi connectivity index (χ4n) is 4.50. The standard InChI is InChI=1S/C24H23N5O2/c1-2-20(14-28(11-1)13-17-3-5-21-22(12-17)31-16-30-21)24-26-23-6-4-19(15-29(23)27-24)18-7-9-25-10-8-18/h3-10,12,15,20H,1-2,11,13-14,16H2/t20-/m1/s1. The lowest BCUT2D eigenvalue weighted by molar-refractivity contribution is 0.173. The summed E-state index contributed by atoms with van der Waals surface area (Å²) in [6, 6.07) is 14.4. The maximum Gasteiger partial charge on any atom is 0.231 e. The van der Waals surface area contributed by atoms with Gasteiger partial charge in [-0.2, -0.15) is 5.10 Å². The lowest BCUT2D eigenvalue weighted by atomic mass is 9.97. The molecule has 2 aliphatic rings. The molecule has 0 N–H and O–H groups in total.